The Kier molecular flexibility index (Phi) is 3.86. The molecule has 1 saturated heterocycles. The molecule has 1 aliphatic heterocycles. The quantitative estimate of drug-likeness (QED) is 0.881. The fourth-order valence-electron chi connectivity index (χ4n) is 2.28. The molecule has 0 radical (unpaired) electrons. The zero-order valence-electron chi connectivity index (χ0n) is 10.8. The van der Waals surface area contributed by atoms with Crippen LogP contribution >= 0.6 is 22.9 Å². The molecule has 2 aromatic rings. The summed E-state index contributed by atoms with van der Waals surface area (Å²) in [7, 11) is 0. The Labute approximate surface area is 121 Å². The van der Waals surface area contributed by atoms with Crippen LogP contribution in [0, 0.1) is 0 Å². The van der Waals surface area contributed by atoms with Crippen molar-refractivity contribution in [1.82, 2.24) is 9.97 Å². The van der Waals surface area contributed by atoms with Crippen molar-refractivity contribution in [2.24, 2.45) is 0 Å². The molecule has 102 valence electrons. The molecule has 0 bridgehead atoms. The number of hydrogen-bond donors (Lipinski definition) is 1. The number of aryl methyl sites for hydroxylation is 1. The molecule has 3 rings (SSSR count). The summed E-state index contributed by atoms with van der Waals surface area (Å²) in [5.74, 6) is 0.835. The molecule has 4 nitrogen and oxygen atoms in total. The van der Waals surface area contributed by atoms with Gasteiger partial charge in [0.25, 0.3) is 0 Å². The normalized spacial score (nSPS) is 19.8. The van der Waals surface area contributed by atoms with Crippen LogP contribution in [0.15, 0.2) is 6.07 Å². The molecule has 1 fully saturated rings. The fourth-order valence-corrected chi connectivity index (χ4v) is 3.46. The van der Waals surface area contributed by atoms with Gasteiger partial charge in [-0.3, -0.25) is 0 Å². The van der Waals surface area contributed by atoms with Crippen LogP contribution < -0.4 is 5.32 Å². The van der Waals surface area contributed by atoms with Gasteiger partial charge < -0.3 is 10.1 Å². The Bertz CT molecular complexity index is 581. The van der Waals surface area contributed by atoms with Crippen molar-refractivity contribution in [3.63, 3.8) is 0 Å². The number of anilines is 1. The lowest BCUT2D eigenvalue weighted by atomic mass is 10.1. The van der Waals surface area contributed by atoms with Crippen molar-refractivity contribution >= 4 is 39.0 Å². The summed E-state index contributed by atoms with van der Waals surface area (Å²) >= 11 is 7.69. The second kappa shape index (κ2) is 5.61. The highest BCUT2D eigenvalue weighted by Gasteiger charge is 2.17. The molecule has 1 unspecified atom stereocenters. The van der Waals surface area contributed by atoms with Gasteiger partial charge in [0.1, 0.15) is 10.6 Å². The third kappa shape index (κ3) is 2.83. The average molecular weight is 298 g/mol. The number of halogens is 1. The first-order valence-electron chi connectivity index (χ1n) is 6.56. The summed E-state index contributed by atoms with van der Waals surface area (Å²) < 4.78 is 5.49. The van der Waals surface area contributed by atoms with E-state index in [2.05, 4.69) is 28.3 Å². The number of nitrogens with zero attached hydrogens (tertiary/aromatic N) is 2. The summed E-state index contributed by atoms with van der Waals surface area (Å²) in [4.78, 5) is 10.9. The Balaban J connectivity index is 1.94. The van der Waals surface area contributed by atoms with E-state index in [-0.39, 0.29) is 0 Å². The van der Waals surface area contributed by atoms with Crippen molar-refractivity contribution < 1.29 is 4.74 Å². The number of rotatable bonds is 3. The van der Waals surface area contributed by atoms with Gasteiger partial charge in [-0.25, -0.2) is 9.97 Å². The predicted octanol–water partition coefficient (Wildman–Crippen LogP) is 3.50. The molecule has 2 aromatic heterocycles. The third-order valence-corrected chi connectivity index (χ3v) is 4.61. The first-order valence-corrected chi connectivity index (χ1v) is 7.76. The van der Waals surface area contributed by atoms with Crippen LogP contribution in [0.4, 0.5) is 5.82 Å². The predicted molar refractivity (Wildman–Crippen MR) is 79.3 cm³/mol. The minimum atomic E-state index is 0.302. The van der Waals surface area contributed by atoms with Crippen LogP contribution in [0.5, 0.6) is 0 Å². The fraction of sp³-hybridized carbons (Fsp3) is 0.538. The van der Waals surface area contributed by atoms with E-state index in [0.717, 1.165) is 48.5 Å². The summed E-state index contributed by atoms with van der Waals surface area (Å²) in [6.07, 6.45) is 3.20. The van der Waals surface area contributed by atoms with Gasteiger partial charge in [-0.2, -0.15) is 0 Å². The van der Waals surface area contributed by atoms with E-state index < -0.39 is 0 Å². The maximum absolute atomic E-state index is 6.01. The second-order valence-corrected chi connectivity index (χ2v) is 6.14. The van der Waals surface area contributed by atoms with Gasteiger partial charge in [-0.1, -0.05) is 6.92 Å². The third-order valence-electron chi connectivity index (χ3n) is 3.27. The molecule has 1 aliphatic rings. The maximum Gasteiger partial charge on any atom is 0.225 e. The monoisotopic (exact) mass is 297 g/mol. The van der Waals surface area contributed by atoms with Crippen LogP contribution in [0.3, 0.4) is 0 Å². The molecule has 0 saturated carbocycles. The zero-order chi connectivity index (χ0) is 13.2. The van der Waals surface area contributed by atoms with E-state index in [1.807, 2.05) is 0 Å². The molecule has 1 atom stereocenters. The summed E-state index contributed by atoms with van der Waals surface area (Å²) in [5, 5.41) is 4.82. The standard InChI is InChI=1S/C13H16ClN3OS/c1-2-9-6-10-11(15-8-4-3-5-18-7-8)16-13(14)17-12(10)19-9/h6,8H,2-5,7H2,1H3,(H,15,16,17). The van der Waals surface area contributed by atoms with Gasteiger partial charge in [-0.05, 0) is 36.9 Å². The highest BCUT2D eigenvalue weighted by atomic mass is 35.5. The number of hydrogen-bond acceptors (Lipinski definition) is 5. The van der Waals surface area contributed by atoms with Crippen LogP contribution in [-0.4, -0.2) is 29.2 Å². The molecule has 0 aliphatic carbocycles. The summed E-state index contributed by atoms with van der Waals surface area (Å²) in [6, 6.07) is 2.47. The van der Waals surface area contributed by atoms with E-state index in [4.69, 9.17) is 16.3 Å². The van der Waals surface area contributed by atoms with E-state index >= 15 is 0 Å². The number of fused-ring (bicyclic) bond motifs is 1. The minimum Gasteiger partial charge on any atom is -0.379 e. The van der Waals surface area contributed by atoms with Gasteiger partial charge in [0.2, 0.25) is 5.28 Å². The molecule has 0 spiro atoms. The number of ether oxygens (including phenoxy) is 1. The molecule has 3 heterocycles. The Morgan fingerprint density at radius 2 is 2.42 bits per heavy atom. The SMILES string of the molecule is CCc1cc2c(NC3CCCOC3)nc(Cl)nc2s1. The minimum absolute atomic E-state index is 0.302. The van der Waals surface area contributed by atoms with Gasteiger partial charge in [0.05, 0.1) is 18.0 Å². The topological polar surface area (TPSA) is 47.0 Å². The Hall–Kier alpha value is -0.910. The van der Waals surface area contributed by atoms with Crippen LogP contribution in [0.2, 0.25) is 5.28 Å². The van der Waals surface area contributed by atoms with E-state index in [9.17, 15) is 0 Å². The van der Waals surface area contributed by atoms with E-state index in [1.165, 1.54) is 4.88 Å². The van der Waals surface area contributed by atoms with E-state index in [1.54, 1.807) is 11.3 Å². The van der Waals surface area contributed by atoms with Crippen LogP contribution in [-0.2, 0) is 11.2 Å². The lowest BCUT2D eigenvalue weighted by molar-refractivity contribution is 0.0875. The molecular formula is C13H16ClN3OS. The maximum atomic E-state index is 6.01. The average Bonchev–Trinajstić information content (AvgIpc) is 2.83. The van der Waals surface area contributed by atoms with Gasteiger partial charge in [0.15, 0.2) is 0 Å². The van der Waals surface area contributed by atoms with Gasteiger partial charge in [-0.15, -0.1) is 11.3 Å². The highest BCUT2D eigenvalue weighted by molar-refractivity contribution is 7.18. The first-order chi connectivity index (χ1) is 9.26. The molecule has 6 heteroatoms. The van der Waals surface area contributed by atoms with Gasteiger partial charge >= 0.3 is 0 Å². The first kappa shape index (κ1) is 13.1. The van der Waals surface area contributed by atoms with Crippen molar-refractivity contribution in [3.05, 3.63) is 16.2 Å². The second-order valence-electron chi connectivity index (χ2n) is 4.68. The zero-order valence-corrected chi connectivity index (χ0v) is 12.4. The van der Waals surface area contributed by atoms with Gasteiger partial charge in [0, 0.05) is 11.5 Å². The van der Waals surface area contributed by atoms with Crippen molar-refractivity contribution in [3.8, 4) is 0 Å². The molecule has 0 amide bonds. The molecule has 19 heavy (non-hydrogen) atoms. The molecule has 1 N–H and O–H groups in total. The largest absolute Gasteiger partial charge is 0.379 e. The lowest BCUT2D eigenvalue weighted by Gasteiger charge is -2.23. The lowest BCUT2D eigenvalue weighted by Crippen LogP contribution is -2.30. The Morgan fingerprint density at radius 3 is 3.16 bits per heavy atom. The van der Waals surface area contributed by atoms with Crippen molar-refractivity contribution in [1.29, 1.82) is 0 Å². The summed E-state index contributed by atoms with van der Waals surface area (Å²) in [6.45, 7) is 3.73. The Morgan fingerprint density at radius 1 is 1.53 bits per heavy atom. The molecular weight excluding hydrogens is 282 g/mol. The van der Waals surface area contributed by atoms with Crippen molar-refractivity contribution in [2.75, 3.05) is 18.5 Å². The number of thiophene rings is 1. The summed E-state index contributed by atoms with van der Waals surface area (Å²) in [5.41, 5.74) is 0. The van der Waals surface area contributed by atoms with Crippen LogP contribution in [0.25, 0.3) is 10.2 Å². The highest BCUT2D eigenvalue weighted by Crippen LogP contribution is 2.31. The molecule has 0 aromatic carbocycles. The number of nitrogens with one attached hydrogen (secondary N) is 1. The van der Waals surface area contributed by atoms with Crippen LogP contribution in [0.1, 0.15) is 24.6 Å². The van der Waals surface area contributed by atoms with Crippen molar-refractivity contribution in [2.45, 2.75) is 32.2 Å². The smallest absolute Gasteiger partial charge is 0.225 e. The van der Waals surface area contributed by atoms with E-state index in [0.29, 0.717) is 11.3 Å². The number of aromatic nitrogens is 2.